The molecule has 2 aromatic carbocycles. The summed E-state index contributed by atoms with van der Waals surface area (Å²) in [5.74, 6) is 1.72. The molecule has 2 aromatic rings. The molecular weight excluding hydrogens is 460 g/mol. The Morgan fingerprint density at radius 3 is 2.68 bits per heavy atom. The second-order valence-electron chi connectivity index (χ2n) is 11.7. The van der Waals surface area contributed by atoms with Gasteiger partial charge in [0.1, 0.15) is 12.4 Å². The van der Waals surface area contributed by atoms with Gasteiger partial charge in [-0.15, -0.1) is 0 Å². The molecular formula is C32H42N2O3. The SMILES string of the molecule is O=C(N[C@H]1CCc2cc(CN3CCC[C@H]4CCCC[C@@H]43)ccc2C1)c1ccc(OC[C@@H]2CCCO2)cc1. The predicted octanol–water partition coefficient (Wildman–Crippen LogP) is 5.69. The van der Waals surface area contributed by atoms with Gasteiger partial charge in [-0.3, -0.25) is 9.69 Å². The lowest BCUT2D eigenvalue weighted by molar-refractivity contribution is 0.0547. The van der Waals surface area contributed by atoms with Gasteiger partial charge in [-0.25, -0.2) is 0 Å². The minimum absolute atomic E-state index is 0.00267. The van der Waals surface area contributed by atoms with Crippen LogP contribution in [0.3, 0.4) is 0 Å². The number of hydrogen-bond acceptors (Lipinski definition) is 4. The Bertz CT molecular complexity index is 1060. The van der Waals surface area contributed by atoms with Crippen LogP contribution in [-0.4, -0.2) is 48.8 Å². The summed E-state index contributed by atoms with van der Waals surface area (Å²) in [4.78, 5) is 15.7. The molecule has 1 saturated carbocycles. The number of fused-ring (bicyclic) bond motifs is 2. The van der Waals surface area contributed by atoms with E-state index in [1.54, 1.807) is 0 Å². The molecule has 2 aliphatic heterocycles. The van der Waals surface area contributed by atoms with Gasteiger partial charge in [-0.1, -0.05) is 31.0 Å². The number of benzene rings is 2. The molecule has 4 aliphatic rings. The van der Waals surface area contributed by atoms with Crippen LogP contribution in [0.25, 0.3) is 0 Å². The van der Waals surface area contributed by atoms with Gasteiger partial charge in [0.2, 0.25) is 0 Å². The van der Waals surface area contributed by atoms with Crippen molar-refractivity contribution in [3.8, 4) is 5.75 Å². The third-order valence-corrected chi connectivity index (χ3v) is 9.15. The topological polar surface area (TPSA) is 50.8 Å². The number of aryl methyl sites for hydroxylation is 1. The summed E-state index contributed by atoms with van der Waals surface area (Å²) in [5.41, 5.74) is 5.03. The molecule has 0 spiro atoms. The molecule has 6 rings (SSSR count). The molecule has 0 aromatic heterocycles. The molecule has 198 valence electrons. The van der Waals surface area contributed by atoms with Crippen molar-refractivity contribution in [3.05, 3.63) is 64.7 Å². The van der Waals surface area contributed by atoms with Crippen molar-refractivity contribution >= 4 is 5.91 Å². The van der Waals surface area contributed by atoms with Crippen LogP contribution >= 0.6 is 0 Å². The van der Waals surface area contributed by atoms with E-state index >= 15 is 0 Å². The fourth-order valence-electron chi connectivity index (χ4n) is 7.12. The van der Waals surface area contributed by atoms with Crippen molar-refractivity contribution in [2.24, 2.45) is 5.92 Å². The standard InChI is InChI=1S/C32H42N2O3/c35-32(25-12-15-29(16-13-25)37-22-30-7-4-18-36-30)33-28-14-11-26-19-23(9-10-27(26)20-28)21-34-17-3-6-24-5-1-2-8-31(24)34/h9-10,12-13,15-16,19,24,28,30-31H,1-8,11,14,17-18,20-22H2,(H,33,35)/t24-,28+,30+,31+/m1/s1. The monoisotopic (exact) mass is 502 g/mol. The van der Waals surface area contributed by atoms with Crippen molar-refractivity contribution in [2.75, 3.05) is 19.8 Å². The summed E-state index contributed by atoms with van der Waals surface area (Å²) in [7, 11) is 0. The van der Waals surface area contributed by atoms with E-state index < -0.39 is 0 Å². The second-order valence-corrected chi connectivity index (χ2v) is 11.7. The van der Waals surface area contributed by atoms with Crippen LogP contribution in [0.4, 0.5) is 0 Å². The van der Waals surface area contributed by atoms with Crippen LogP contribution in [0.2, 0.25) is 0 Å². The number of nitrogens with one attached hydrogen (secondary N) is 1. The lowest BCUT2D eigenvalue weighted by Gasteiger charge is -2.44. The zero-order valence-corrected chi connectivity index (χ0v) is 22.1. The number of rotatable bonds is 7. The number of ether oxygens (including phenoxy) is 2. The van der Waals surface area contributed by atoms with E-state index in [-0.39, 0.29) is 18.1 Å². The Labute approximate surface area is 221 Å². The summed E-state index contributed by atoms with van der Waals surface area (Å²) >= 11 is 0. The van der Waals surface area contributed by atoms with Gasteiger partial charge >= 0.3 is 0 Å². The number of likely N-dealkylation sites (tertiary alicyclic amines) is 1. The second kappa shape index (κ2) is 11.6. The van der Waals surface area contributed by atoms with Gasteiger partial charge < -0.3 is 14.8 Å². The first-order chi connectivity index (χ1) is 18.2. The van der Waals surface area contributed by atoms with Crippen LogP contribution in [0, 0.1) is 5.92 Å². The summed E-state index contributed by atoms with van der Waals surface area (Å²) in [5, 5.41) is 3.28. The van der Waals surface area contributed by atoms with E-state index in [4.69, 9.17) is 9.47 Å². The van der Waals surface area contributed by atoms with E-state index in [2.05, 4.69) is 28.4 Å². The molecule has 1 amide bonds. The number of nitrogens with zero attached hydrogens (tertiary/aromatic N) is 1. The Morgan fingerprint density at radius 2 is 1.81 bits per heavy atom. The fourth-order valence-corrected chi connectivity index (χ4v) is 7.12. The lowest BCUT2D eigenvalue weighted by atomic mass is 9.78. The Balaban J connectivity index is 1.01. The predicted molar refractivity (Wildman–Crippen MR) is 146 cm³/mol. The molecule has 4 atom stereocenters. The van der Waals surface area contributed by atoms with E-state index in [1.165, 1.54) is 61.8 Å². The van der Waals surface area contributed by atoms with Crippen molar-refractivity contribution in [2.45, 2.75) is 95.4 Å². The van der Waals surface area contributed by atoms with Crippen LogP contribution in [-0.2, 0) is 24.1 Å². The fraction of sp³-hybridized carbons (Fsp3) is 0.594. The maximum atomic E-state index is 12.9. The molecule has 5 nitrogen and oxygen atoms in total. The van der Waals surface area contributed by atoms with Crippen molar-refractivity contribution in [3.63, 3.8) is 0 Å². The molecule has 37 heavy (non-hydrogen) atoms. The van der Waals surface area contributed by atoms with Crippen LogP contribution in [0.1, 0.15) is 84.8 Å². The van der Waals surface area contributed by atoms with Gasteiger partial charge in [0, 0.05) is 30.8 Å². The van der Waals surface area contributed by atoms with Crippen LogP contribution in [0.5, 0.6) is 5.75 Å². The first-order valence-electron chi connectivity index (χ1n) is 14.7. The minimum Gasteiger partial charge on any atom is -0.491 e. The first kappa shape index (κ1) is 24.9. The van der Waals surface area contributed by atoms with E-state index in [1.807, 2.05) is 24.3 Å². The summed E-state index contributed by atoms with van der Waals surface area (Å²) in [6.45, 7) is 3.77. The van der Waals surface area contributed by atoms with E-state index in [0.29, 0.717) is 12.2 Å². The van der Waals surface area contributed by atoms with E-state index in [9.17, 15) is 4.79 Å². The Morgan fingerprint density at radius 1 is 0.946 bits per heavy atom. The smallest absolute Gasteiger partial charge is 0.251 e. The largest absolute Gasteiger partial charge is 0.491 e. The zero-order chi connectivity index (χ0) is 25.0. The van der Waals surface area contributed by atoms with Gasteiger partial charge in [0.15, 0.2) is 0 Å². The number of carbonyl (C=O) groups excluding carboxylic acids is 1. The molecule has 0 bridgehead atoms. The molecule has 0 radical (unpaired) electrons. The van der Waals surface area contributed by atoms with Crippen molar-refractivity contribution < 1.29 is 14.3 Å². The summed E-state index contributed by atoms with van der Waals surface area (Å²) < 4.78 is 11.5. The highest BCUT2D eigenvalue weighted by Crippen LogP contribution is 2.36. The minimum atomic E-state index is 0.00267. The molecule has 2 aliphatic carbocycles. The Kier molecular flexibility index (Phi) is 7.80. The lowest BCUT2D eigenvalue weighted by Crippen LogP contribution is -2.46. The van der Waals surface area contributed by atoms with Gasteiger partial charge in [0.05, 0.1) is 6.10 Å². The first-order valence-corrected chi connectivity index (χ1v) is 14.7. The van der Waals surface area contributed by atoms with Crippen molar-refractivity contribution in [1.29, 1.82) is 0 Å². The third-order valence-electron chi connectivity index (χ3n) is 9.15. The average molecular weight is 503 g/mol. The molecule has 1 N–H and O–H groups in total. The van der Waals surface area contributed by atoms with Crippen LogP contribution < -0.4 is 10.1 Å². The van der Waals surface area contributed by atoms with Crippen molar-refractivity contribution in [1.82, 2.24) is 10.2 Å². The average Bonchev–Trinajstić information content (AvgIpc) is 3.46. The van der Waals surface area contributed by atoms with Gasteiger partial charge in [-0.05, 0) is 111 Å². The molecule has 0 unspecified atom stereocenters. The molecule has 2 heterocycles. The van der Waals surface area contributed by atoms with E-state index in [0.717, 1.165) is 63.0 Å². The number of piperidine rings is 1. The van der Waals surface area contributed by atoms with Gasteiger partial charge in [0.25, 0.3) is 5.91 Å². The summed E-state index contributed by atoms with van der Waals surface area (Å²) in [6, 6.07) is 15.6. The van der Waals surface area contributed by atoms with Gasteiger partial charge in [-0.2, -0.15) is 0 Å². The quantitative estimate of drug-likeness (QED) is 0.529. The molecule has 3 fully saturated rings. The highest BCUT2D eigenvalue weighted by Gasteiger charge is 2.33. The number of carbonyl (C=O) groups is 1. The maximum absolute atomic E-state index is 12.9. The Hall–Kier alpha value is -2.37. The zero-order valence-electron chi connectivity index (χ0n) is 22.1. The third kappa shape index (κ3) is 6.04. The highest BCUT2D eigenvalue weighted by atomic mass is 16.5. The molecule has 5 heteroatoms. The molecule has 2 saturated heterocycles. The maximum Gasteiger partial charge on any atom is 0.251 e. The highest BCUT2D eigenvalue weighted by molar-refractivity contribution is 5.94. The normalized spacial score (nSPS) is 27.8. The number of amides is 1. The van der Waals surface area contributed by atoms with Crippen LogP contribution in [0.15, 0.2) is 42.5 Å². The summed E-state index contributed by atoms with van der Waals surface area (Å²) in [6.07, 6.45) is 13.8. The number of hydrogen-bond donors (Lipinski definition) is 1.